The average molecular weight is 456 g/mol. The Morgan fingerprint density at radius 2 is 1.73 bits per heavy atom. The summed E-state index contributed by atoms with van der Waals surface area (Å²) in [6.45, 7) is 5.78. The molecule has 0 spiro atoms. The van der Waals surface area contributed by atoms with Gasteiger partial charge in [-0.25, -0.2) is 9.97 Å². The van der Waals surface area contributed by atoms with Crippen molar-refractivity contribution in [1.82, 2.24) is 9.97 Å². The van der Waals surface area contributed by atoms with Crippen LogP contribution in [0.15, 0.2) is 24.3 Å². The van der Waals surface area contributed by atoms with Gasteiger partial charge in [-0.05, 0) is 86.9 Å². The van der Waals surface area contributed by atoms with E-state index in [9.17, 15) is 13.2 Å². The van der Waals surface area contributed by atoms with Gasteiger partial charge in [-0.2, -0.15) is 13.2 Å². The molecule has 1 aliphatic heterocycles. The highest BCUT2D eigenvalue weighted by atomic mass is 19.4. The largest absolute Gasteiger partial charge is 0.416 e. The van der Waals surface area contributed by atoms with Crippen molar-refractivity contribution >= 4 is 28.1 Å². The molecule has 1 saturated heterocycles. The first-order chi connectivity index (χ1) is 15.7. The highest BCUT2D eigenvalue weighted by molar-refractivity contribution is 5.96. The molecule has 0 amide bonds. The Kier molecular flexibility index (Phi) is 5.34. The van der Waals surface area contributed by atoms with E-state index >= 15 is 0 Å². The van der Waals surface area contributed by atoms with Gasteiger partial charge in [0.15, 0.2) is 0 Å². The third-order valence-corrected chi connectivity index (χ3v) is 6.76. The number of benzene rings is 2. The van der Waals surface area contributed by atoms with Crippen LogP contribution < -0.4 is 16.0 Å². The Bertz CT molecular complexity index is 1220. The SMILES string of the molecule is Cc1nc(N[C@H](C)c2cc(N)cc(C(F)(F)F)c2)c2cc(N3CCCC3)c3c(c2n1)CCC3. The molecule has 0 unspecified atom stereocenters. The molecule has 1 aliphatic carbocycles. The smallest absolute Gasteiger partial charge is 0.399 e. The summed E-state index contributed by atoms with van der Waals surface area (Å²) in [6, 6.07) is 5.45. The van der Waals surface area contributed by atoms with Crippen molar-refractivity contribution in [3.8, 4) is 0 Å². The summed E-state index contributed by atoms with van der Waals surface area (Å²) in [5, 5.41) is 4.29. The zero-order chi connectivity index (χ0) is 23.3. The van der Waals surface area contributed by atoms with Crippen LogP contribution in [0.1, 0.15) is 60.3 Å². The summed E-state index contributed by atoms with van der Waals surface area (Å²) < 4.78 is 40.0. The van der Waals surface area contributed by atoms with Crippen LogP contribution in [0.3, 0.4) is 0 Å². The first-order valence-electron chi connectivity index (χ1n) is 11.5. The van der Waals surface area contributed by atoms with Crippen LogP contribution in [-0.2, 0) is 19.0 Å². The van der Waals surface area contributed by atoms with Gasteiger partial charge in [-0.3, -0.25) is 0 Å². The van der Waals surface area contributed by atoms with Crippen molar-refractivity contribution in [1.29, 1.82) is 0 Å². The normalized spacial score (nSPS) is 16.9. The molecule has 33 heavy (non-hydrogen) atoms. The van der Waals surface area contributed by atoms with Gasteiger partial charge in [0.2, 0.25) is 0 Å². The molecule has 0 saturated carbocycles. The van der Waals surface area contributed by atoms with Gasteiger partial charge in [-0.1, -0.05) is 0 Å². The molecule has 2 heterocycles. The second-order valence-electron chi connectivity index (χ2n) is 9.17. The number of halogens is 3. The molecule has 0 bridgehead atoms. The summed E-state index contributed by atoms with van der Waals surface area (Å²) in [6.07, 6.45) is 1.09. The van der Waals surface area contributed by atoms with Gasteiger partial charge in [-0.15, -0.1) is 0 Å². The number of aryl methyl sites for hydroxylation is 2. The number of nitrogen functional groups attached to an aromatic ring is 1. The predicted molar refractivity (Wildman–Crippen MR) is 126 cm³/mol. The summed E-state index contributed by atoms with van der Waals surface area (Å²) >= 11 is 0. The summed E-state index contributed by atoms with van der Waals surface area (Å²) in [4.78, 5) is 11.9. The standard InChI is InChI=1S/C25H28F3N5/c1-14(16-10-17(25(26,27)28)12-18(29)11-16)30-24-21-13-22(33-8-3-4-9-33)19-6-5-7-20(19)23(21)31-15(2)32-24/h10-14H,3-9,29H2,1-2H3,(H,30,31,32)/t14-/m1/s1. The van der Waals surface area contributed by atoms with Gasteiger partial charge >= 0.3 is 6.18 Å². The lowest BCUT2D eigenvalue weighted by Gasteiger charge is -2.24. The Labute approximate surface area is 191 Å². The minimum atomic E-state index is -4.45. The number of rotatable bonds is 4. The number of anilines is 3. The van der Waals surface area contributed by atoms with Gasteiger partial charge in [0, 0.05) is 29.9 Å². The molecule has 174 valence electrons. The zero-order valence-electron chi connectivity index (χ0n) is 18.9. The van der Waals surface area contributed by atoms with E-state index in [-0.39, 0.29) is 5.69 Å². The maximum Gasteiger partial charge on any atom is 0.416 e. The predicted octanol–water partition coefficient (Wildman–Crippen LogP) is 5.80. The third-order valence-electron chi connectivity index (χ3n) is 6.76. The van der Waals surface area contributed by atoms with Crippen molar-refractivity contribution < 1.29 is 13.2 Å². The Hall–Kier alpha value is -3.03. The number of hydrogen-bond donors (Lipinski definition) is 2. The lowest BCUT2D eigenvalue weighted by atomic mass is 10.0. The number of hydrogen-bond acceptors (Lipinski definition) is 5. The lowest BCUT2D eigenvalue weighted by Crippen LogP contribution is -2.20. The number of aromatic nitrogens is 2. The molecule has 2 aliphatic rings. The topological polar surface area (TPSA) is 67.1 Å². The van der Waals surface area contributed by atoms with Crippen molar-refractivity contribution in [2.75, 3.05) is 29.0 Å². The van der Waals surface area contributed by atoms with E-state index in [1.54, 1.807) is 6.07 Å². The maximum absolute atomic E-state index is 13.3. The highest BCUT2D eigenvalue weighted by Crippen LogP contribution is 2.40. The van der Waals surface area contributed by atoms with Crippen LogP contribution in [0.4, 0.5) is 30.4 Å². The molecule has 8 heteroatoms. The fourth-order valence-corrected chi connectivity index (χ4v) is 5.19. The van der Waals surface area contributed by atoms with E-state index in [4.69, 9.17) is 10.7 Å². The quantitative estimate of drug-likeness (QED) is 0.487. The molecule has 5 rings (SSSR count). The minimum absolute atomic E-state index is 0.0892. The van der Waals surface area contributed by atoms with E-state index in [1.807, 2.05) is 13.8 Å². The second kappa shape index (κ2) is 8.08. The molecule has 1 aromatic heterocycles. The van der Waals surface area contributed by atoms with Gasteiger partial charge in [0.1, 0.15) is 11.6 Å². The molecule has 3 aromatic rings. The summed E-state index contributed by atoms with van der Waals surface area (Å²) in [5.74, 6) is 1.29. The first-order valence-corrected chi connectivity index (χ1v) is 11.5. The molecule has 5 nitrogen and oxygen atoms in total. The number of nitrogens with two attached hydrogens (primary N) is 1. The molecule has 1 fully saturated rings. The fraction of sp³-hybridized carbons (Fsp3) is 0.440. The Balaban J connectivity index is 1.59. The Morgan fingerprint density at radius 1 is 1.00 bits per heavy atom. The van der Waals surface area contributed by atoms with Crippen LogP contribution in [0.5, 0.6) is 0 Å². The van der Waals surface area contributed by atoms with E-state index in [0.29, 0.717) is 17.2 Å². The van der Waals surface area contributed by atoms with Crippen LogP contribution in [0.2, 0.25) is 0 Å². The zero-order valence-corrected chi connectivity index (χ0v) is 18.9. The molecular formula is C25H28F3N5. The second-order valence-corrected chi connectivity index (χ2v) is 9.17. The van der Waals surface area contributed by atoms with Crippen molar-refractivity contribution in [2.45, 2.75) is 58.2 Å². The third kappa shape index (κ3) is 4.07. The van der Waals surface area contributed by atoms with Crippen molar-refractivity contribution in [3.05, 3.63) is 52.3 Å². The number of nitrogens with one attached hydrogen (secondary N) is 1. The average Bonchev–Trinajstić information content (AvgIpc) is 3.44. The highest BCUT2D eigenvalue weighted by Gasteiger charge is 2.32. The van der Waals surface area contributed by atoms with Crippen LogP contribution in [0.25, 0.3) is 10.9 Å². The van der Waals surface area contributed by atoms with Crippen LogP contribution >= 0.6 is 0 Å². The number of alkyl halides is 3. The van der Waals surface area contributed by atoms with Crippen molar-refractivity contribution in [3.63, 3.8) is 0 Å². The van der Waals surface area contributed by atoms with Gasteiger partial charge < -0.3 is 16.0 Å². The van der Waals surface area contributed by atoms with Gasteiger partial charge in [0.05, 0.1) is 17.1 Å². The maximum atomic E-state index is 13.3. The number of nitrogens with zero attached hydrogens (tertiary/aromatic N) is 3. The number of fused-ring (bicyclic) bond motifs is 3. The Morgan fingerprint density at radius 3 is 2.45 bits per heavy atom. The fourth-order valence-electron chi connectivity index (χ4n) is 5.19. The van der Waals surface area contributed by atoms with Crippen molar-refractivity contribution in [2.24, 2.45) is 0 Å². The summed E-state index contributed by atoms with van der Waals surface area (Å²) in [7, 11) is 0. The summed E-state index contributed by atoms with van der Waals surface area (Å²) in [5.41, 5.74) is 10.5. The van der Waals surface area contributed by atoms with E-state index in [1.165, 1.54) is 29.7 Å². The van der Waals surface area contributed by atoms with Crippen LogP contribution in [0, 0.1) is 6.92 Å². The van der Waals surface area contributed by atoms with E-state index in [0.717, 1.165) is 55.4 Å². The van der Waals surface area contributed by atoms with E-state index in [2.05, 4.69) is 21.3 Å². The van der Waals surface area contributed by atoms with Crippen LogP contribution in [-0.4, -0.2) is 23.1 Å². The molecule has 0 radical (unpaired) electrons. The first kappa shape index (κ1) is 21.8. The molecule has 1 atom stereocenters. The van der Waals surface area contributed by atoms with E-state index < -0.39 is 17.8 Å². The minimum Gasteiger partial charge on any atom is -0.399 e. The molecule has 3 N–H and O–H groups in total. The lowest BCUT2D eigenvalue weighted by molar-refractivity contribution is -0.137. The molecule has 2 aromatic carbocycles. The molecular weight excluding hydrogens is 427 g/mol. The monoisotopic (exact) mass is 455 g/mol. The van der Waals surface area contributed by atoms with Gasteiger partial charge in [0.25, 0.3) is 0 Å².